The number of thioether (sulfide) groups is 1. The van der Waals surface area contributed by atoms with Crippen LogP contribution in [0.5, 0.6) is 0 Å². The van der Waals surface area contributed by atoms with Crippen molar-refractivity contribution in [3.8, 4) is 0 Å². The molecule has 0 saturated carbocycles. The van der Waals surface area contributed by atoms with E-state index in [1.165, 1.54) is 30.0 Å². The number of benzene rings is 1. The highest BCUT2D eigenvalue weighted by atomic mass is 32.2. The van der Waals surface area contributed by atoms with Crippen molar-refractivity contribution >= 4 is 55.9 Å². The number of thiazole rings is 1. The second-order valence-electron chi connectivity index (χ2n) is 5.28. The number of hydrogen-bond donors (Lipinski definition) is 2. The Labute approximate surface area is 153 Å². The van der Waals surface area contributed by atoms with Gasteiger partial charge in [0.15, 0.2) is 5.13 Å². The second-order valence-corrected chi connectivity index (χ2v) is 7.30. The van der Waals surface area contributed by atoms with Crippen LogP contribution < -0.4 is 10.6 Å². The van der Waals surface area contributed by atoms with Crippen LogP contribution in [0.25, 0.3) is 10.2 Å². The maximum Gasteiger partial charge on any atom is 0.234 e. The van der Waals surface area contributed by atoms with E-state index in [0.29, 0.717) is 10.9 Å². The van der Waals surface area contributed by atoms with Gasteiger partial charge in [0.1, 0.15) is 0 Å². The Morgan fingerprint density at radius 3 is 2.88 bits per heavy atom. The van der Waals surface area contributed by atoms with E-state index < -0.39 is 0 Å². The van der Waals surface area contributed by atoms with Crippen LogP contribution in [0.1, 0.15) is 12.5 Å². The highest BCUT2D eigenvalue weighted by Gasteiger charge is 2.08. The molecule has 25 heavy (non-hydrogen) atoms. The first kappa shape index (κ1) is 17.4. The number of hydrogen-bond acceptors (Lipinski definition) is 6. The minimum absolute atomic E-state index is 0.0557. The Hall–Kier alpha value is -2.45. The fourth-order valence-electron chi connectivity index (χ4n) is 2.15. The highest BCUT2D eigenvalue weighted by Crippen LogP contribution is 2.28. The minimum atomic E-state index is -0.154. The SMILES string of the molecule is CC(=O)Nc1nc2ccc(NC(=O)CSCc3cccnc3)cc2s1. The summed E-state index contributed by atoms with van der Waals surface area (Å²) in [6, 6.07) is 9.37. The molecule has 1 aromatic carbocycles. The average Bonchev–Trinajstić information content (AvgIpc) is 2.96. The molecule has 6 nitrogen and oxygen atoms in total. The number of amides is 2. The summed E-state index contributed by atoms with van der Waals surface area (Å²) in [5.41, 5.74) is 2.60. The van der Waals surface area contributed by atoms with Crippen LogP contribution in [0.2, 0.25) is 0 Å². The smallest absolute Gasteiger partial charge is 0.234 e. The first-order valence-corrected chi connectivity index (χ1v) is 9.52. The van der Waals surface area contributed by atoms with Gasteiger partial charge in [-0.05, 0) is 29.8 Å². The molecule has 8 heteroatoms. The van der Waals surface area contributed by atoms with Gasteiger partial charge in [-0.15, -0.1) is 11.8 Å². The first-order chi connectivity index (χ1) is 12.1. The molecule has 2 amide bonds. The molecule has 0 fully saturated rings. The predicted molar refractivity (Wildman–Crippen MR) is 103 cm³/mol. The van der Waals surface area contributed by atoms with Gasteiger partial charge in [0.25, 0.3) is 0 Å². The van der Waals surface area contributed by atoms with Crippen LogP contribution in [0.4, 0.5) is 10.8 Å². The van der Waals surface area contributed by atoms with Crippen molar-refractivity contribution in [3.63, 3.8) is 0 Å². The average molecular weight is 372 g/mol. The van der Waals surface area contributed by atoms with E-state index >= 15 is 0 Å². The van der Waals surface area contributed by atoms with E-state index in [2.05, 4.69) is 20.6 Å². The van der Waals surface area contributed by atoms with Gasteiger partial charge >= 0.3 is 0 Å². The molecule has 0 aliphatic carbocycles. The summed E-state index contributed by atoms with van der Waals surface area (Å²) < 4.78 is 0.907. The zero-order valence-corrected chi connectivity index (χ0v) is 15.1. The molecule has 0 aliphatic rings. The van der Waals surface area contributed by atoms with Crippen LogP contribution in [0, 0.1) is 0 Å². The number of fused-ring (bicyclic) bond motifs is 1. The predicted octanol–water partition coefficient (Wildman–Crippen LogP) is 3.52. The largest absolute Gasteiger partial charge is 0.325 e. The minimum Gasteiger partial charge on any atom is -0.325 e. The molecule has 128 valence electrons. The maximum absolute atomic E-state index is 12.1. The number of anilines is 2. The molecule has 0 aliphatic heterocycles. The van der Waals surface area contributed by atoms with Crippen LogP contribution in [-0.2, 0) is 15.3 Å². The number of nitrogens with zero attached hydrogens (tertiary/aromatic N) is 2. The lowest BCUT2D eigenvalue weighted by Gasteiger charge is -2.05. The van der Waals surface area contributed by atoms with Crippen molar-refractivity contribution in [2.75, 3.05) is 16.4 Å². The van der Waals surface area contributed by atoms with E-state index in [9.17, 15) is 9.59 Å². The van der Waals surface area contributed by atoms with E-state index in [0.717, 1.165) is 27.2 Å². The number of carbonyl (C=O) groups is 2. The van der Waals surface area contributed by atoms with Gasteiger partial charge in [0.05, 0.1) is 16.0 Å². The van der Waals surface area contributed by atoms with Crippen molar-refractivity contribution < 1.29 is 9.59 Å². The van der Waals surface area contributed by atoms with Gasteiger partial charge in [-0.25, -0.2) is 4.98 Å². The molecule has 3 rings (SSSR count). The molecule has 0 radical (unpaired) electrons. The van der Waals surface area contributed by atoms with Crippen LogP contribution >= 0.6 is 23.1 Å². The van der Waals surface area contributed by atoms with Crippen LogP contribution in [0.3, 0.4) is 0 Å². The standard InChI is InChI=1S/C17H16N4O2S2/c1-11(22)19-17-21-14-5-4-13(7-15(14)25-17)20-16(23)10-24-9-12-3-2-6-18-8-12/h2-8H,9-10H2,1H3,(H,20,23)(H,19,21,22). The number of carbonyl (C=O) groups excluding carboxylic acids is 2. The van der Waals surface area contributed by atoms with Gasteiger partial charge in [0, 0.05) is 30.8 Å². The number of aromatic nitrogens is 2. The van der Waals surface area contributed by atoms with Gasteiger partial charge in [-0.3, -0.25) is 14.6 Å². The summed E-state index contributed by atoms with van der Waals surface area (Å²) in [5, 5.41) is 6.11. The highest BCUT2D eigenvalue weighted by molar-refractivity contribution is 7.99. The molecule has 0 unspecified atom stereocenters. The fraction of sp³-hybridized carbons (Fsp3) is 0.176. The molecule has 0 saturated heterocycles. The summed E-state index contributed by atoms with van der Waals surface area (Å²) in [7, 11) is 0. The van der Waals surface area contributed by atoms with Crippen LogP contribution in [0.15, 0.2) is 42.7 Å². The Morgan fingerprint density at radius 1 is 1.24 bits per heavy atom. The number of pyridine rings is 1. The first-order valence-electron chi connectivity index (χ1n) is 7.55. The summed E-state index contributed by atoms with van der Waals surface area (Å²) in [6.45, 7) is 1.45. The van der Waals surface area contributed by atoms with Crippen molar-refractivity contribution in [1.82, 2.24) is 9.97 Å². The summed E-state index contributed by atoms with van der Waals surface area (Å²) >= 11 is 2.91. The number of rotatable bonds is 6. The molecule has 2 N–H and O–H groups in total. The molecule has 2 aromatic heterocycles. The van der Waals surface area contributed by atoms with Crippen molar-refractivity contribution in [2.24, 2.45) is 0 Å². The Balaban J connectivity index is 1.56. The van der Waals surface area contributed by atoms with Gasteiger partial charge in [0.2, 0.25) is 11.8 Å². The molecular formula is C17H16N4O2S2. The monoisotopic (exact) mass is 372 g/mol. The van der Waals surface area contributed by atoms with E-state index in [-0.39, 0.29) is 11.8 Å². The lowest BCUT2D eigenvalue weighted by atomic mass is 10.3. The van der Waals surface area contributed by atoms with E-state index in [4.69, 9.17) is 0 Å². The third kappa shape index (κ3) is 5.01. The Kier molecular flexibility index (Phi) is 5.62. The van der Waals surface area contributed by atoms with Crippen LogP contribution in [-0.4, -0.2) is 27.5 Å². The molecular weight excluding hydrogens is 356 g/mol. The van der Waals surface area contributed by atoms with Crippen molar-refractivity contribution in [1.29, 1.82) is 0 Å². The van der Waals surface area contributed by atoms with Gasteiger partial charge < -0.3 is 10.6 Å². The number of nitrogens with one attached hydrogen (secondary N) is 2. The van der Waals surface area contributed by atoms with E-state index in [1.807, 2.05) is 30.3 Å². The summed E-state index contributed by atoms with van der Waals surface area (Å²) in [5.74, 6) is 0.903. The van der Waals surface area contributed by atoms with Crippen molar-refractivity contribution in [2.45, 2.75) is 12.7 Å². The normalized spacial score (nSPS) is 10.6. The maximum atomic E-state index is 12.1. The van der Waals surface area contributed by atoms with E-state index in [1.54, 1.807) is 12.4 Å². The molecule has 2 heterocycles. The third-order valence-electron chi connectivity index (χ3n) is 3.18. The lowest BCUT2D eigenvalue weighted by Crippen LogP contribution is -2.14. The zero-order valence-electron chi connectivity index (χ0n) is 13.5. The van der Waals surface area contributed by atoms with Crippen molar-refractivity contribution in [3.05, 3.63) is 48.3 Å². The fourth-order valence-corrected chi connectivity index (χ4v) is 3.87. The second kappa shape index (κ2) is 8.09. The zero-order chi connectivity index (χ0) is 17.6. The summed E-state index contributed by atoms with van der Waals surface area (Å²) in [4.78, 5) is 31.5. The molecule has 3 aromatic rings. The quantitative estimate of drug-likeness (QED) is 0.692. The lowest BCUT2D eigenvalue weighted by molar-refractivity contribution is -0.114. The molecule has 0 bridgehead atoms. The van der Waals surface area contributed by atoms with Gasteiger partial charge in [-0.1, -0.05) is 17.4 Å². The Morgan fingerprint density at radius 2 is 2.12 bits per heavy atom. The molecule has 0 spiro atoms. The topological polar surface area (TPSA) is 84.0 Å². The third-order valence-corrected chi connectivity index (χ3v) is 5.12. The molecule has 0 atom stereocenters. The van der Waals surface area contributed by atoms with Gasteiger partial charge in [-0.2, -0.15) is 0 Å². The Bertz CT molecular complexity index is 896. The summed E-state index contributed by atoms with van der Waals surface area (Å²) in [6.07, 6.45) is 3.53.